The highest BCUT2D eigenvalue weighted by Gasteiger charge is 2.04. The van der Waals surface area contributed by atoms with E-state index in [0.29, 0.717) is 20.8 Å². The summed E-state index contributed by atoms with van der Waals surface area (Å²) < 4.78 is 1.02. The van der Waals surface area contributed by atoms with Crippen LogP contribution in [0, 0.1) is 0 Å². The molecule has 18 heavy (non-hydrogen) atoms. The van der Waals surface area contributed by atoms with Gasteiger partial charge in [0.1, 0.15) is 0 Å². The monoisotopic (exact) mass is 361 g/mol. The lowest BCUT2D eigenvalue weighted by Gasteiger charge is -2.01. The normalized spacial score (nSPS) is 11.1. The van der Waals surface area contributed by atoms with Crippen molar-refractivity contribution in [1.29, 1.82) is 0 Å². The predicted molar refractivity (Wildman–Crippen MR) is 82.9 cm³/mol. The van der Waals surface area contributed by atoms with Crippen LogP contribution in [0.3, 0.4) is 0 Å². The molecule has 0 saturated heterocycles. The molecular weight excluding hydrogens is 356 g/mol. The second-order valence-electron chi connectivity index (χ2n) is 3.53. The third-order valence-corrected chi connectivity index (χ3v) is 3.77. The van der Waals surface area contributed by atoms with Gasteiger partial charge in [-0.2, -0.15) is 0 Å². The first-order chi connectivity index (χ1) is 8.56. The van der Waals surface area contributed by atoms with Gasteiger partial charge in [-0.3, -0.25) is 4.99 Å². The maximum absolute atomic E-state index is 6.03. The predicted octanol–water partition coefficient (Wildman–Crippen LogP) is 6.16. The molecule has 2 aromatic rings. The van der Waals surface area contributed by atoms with Crippen LogP contribution < -0.4 is 0 Å². The largest absolute Gasteiger partial charge is 0.255 e. The van der Waals surface area contributed by atoms with Gasteiger partial charge in [-0.05, 0) is 29.8 Å². The number of halogens is 4. The summed E-state index contributed by atoms with van der Waals surface area (Å²) in [6.45, 7) is 0. The Bertz CT molecular complexity index is 594. The number of rotatable bonds is 2. The van der Waals surface area contributed by atoms with Gasteiger partial charge in [-0.1, -0.05) is 62.9 Å². The summed E-state index contributed by atoms with van der Waals surface area (Å²) in [7, 11) is 0. The first-order valence-corrected chi connectivity index (χ1v) is 6.93. The fourth-order valence-corrected chi connectivity index (χ4v) is 2.16. The molecule has 0 atom stereocenters. The lowest BCUT2D eigenvalue weighted by atomic mass is 10.2. The topological polar surface area (TPSA) is 12.4 Å². The van der Waals surface area contributed by atoms with Crippen LogP contribution in [0.5, 0.6) is 0 Å². The summed E-state index contributed by atoms with van der Waals surface area (Å²) >= 11 is 21.2. The Morgan fingerprint density at radius 3 is 2.17 bits per heavy atom. The number of nitrogens with zero attached hydrogens (tertiary/aromatic N) is 1. The minimum atomic E-state index is 0.421. The number of aliphatic imine (C=N–C) groups is 1. The molecule has 0 aliphatic rings. The van der Waals surface area contributed by atoms with Gasteiger partial charge >= 0.3 is 0 Å². The first-order valence-electron chi connectivity index (χ1n) is 5.00. The number of hydrogen-bond donors (Lipinski definition) is 0. The molecule has 5 heteroatoms. The van der Waals surface area contributed by atoms with E-state index in [1.54, 1.807) is 18.3 Å². The van der Waals surface area contributed by atoms with E-state index in [1.165, 1.54) is 0 Å². The summed E-state index contributed by atoms with van der Waals surface area (Å²) in [5.74, 6) is 0. The van der Waals surface area contributed by atoms with Crippen LogP contribution in [-0.2, 0) is 0 Å². The van der Waals surface area contributed by atoms with Gasteiger partial charge in [0.15, 0.2) is 0 Å². The lowest BCUT2D eigenvalue weighted by molar-refractivity contribution is 1.52. The zero-order chi connectivity index (χ0) is 13.1. The highest BCUT2D eigenvalue weighted by Crippen LogP contribution is 2.33. The van der Waals surface area contributed by atoms with Gasteiger partial charge in [0.05, 0.1) is 20.8 Å². The Hall–Kier alpha value is -0.540. The highest BCUT2D eigenvalue weighted by atomic mass is 79.9. The number of hydrogen-bond acceptors (Lipinski definition) is 1. The molecule has 0 radical (unpaired) electrons. The molecule has 0 fully saturated rings. The summed E-state index contributed by atoms with van der Waals surface area (Å²) in [6, 6.07) is 11.0. The van der Waals surface area contributed by atoms with E-state index < -0.39 is 0 Å². The Morgan fingerprint density at radius 2 is 1.50 bits per heavy atom. The Kier molecular flexibility index (Phi) is 4.68. The van der Waals surface area contributed by atoms with Crippen LogP contribution in [-0.4, -0.2) is 6.21 Å². The molecule has 0 aliphatic carbocycles. The van der Waals surface area contributed by atoms with Gasteiger partial charge < -0.3 is 0 Å². The van der Waals surface area contributed by atoms with E-state index >= 15 is 0 Å². The van der Waals surface area contributed by atoms with Crippen molar-refractivity contribution in [2.75, 3.05) is 0 Å². The molecule has 0 bridgehead atoms. The van der Waals surface area contributed by atoms with Crippen LogP contribution in [0.25, 0.3) is 0 Å². The Labute approximate surface area is 129 Å². The standard InChI is InChI=1S/C13H7BrCl3N/c14-9-3-1-8(2-4-9)7-18-13-6-11(16)10(15)5-12(13)17/h1-7H. The van der Waals surface area contributed by atoms with Gasteiger partial charge in [-0.15, -0.1) is 0 Å². The van der Waals surface area contributed by atoms with Crippen LogP contribution in [0.4, 0.5) is 5.69 Å². The highest BCUT2D eigenvalue weighted by molar-refractivity contribution is 9.10. The Balaban J connectivity index is 2.28. The zero-order valence-electron chi connectivity index (χ0n) is 9.00. The fourth-order valence-electron chi connectivity index (χ4n) is 1.30. The van der Waals surface area contributed by atoms with E-state index in [1.807, 2.05) is 24.3 Å². The van der Waals surface area contributed by atoms with E-state index in [4.69, 9.17) is 34.8 Å². The Morgan fingerprint density at radius 1 is 0.889 bits per heavy atom. The van der Waals surface area contributed by atoms with Gasteiger partial charge in [0, 0.05) is 10.7 Å². The third-order valence-electron chi connectivity index (χ3n) is 2.21. The molecule has 0 heterocycles. The second kappa shape index (κ2) is 6.07. The SMILES string of the molecule is Clc1cc(Cl)c(N=Cc2ccc(Br)cc2)cc1Cl. The maximum Gasteiger partial charge on any atom is 0.0831 e. The molecule has 0 aromatic heterocycles. The minimum absolute atomic E-state index is 0.421. The van der Waals surface area contributed by atoms with Crippen molar-refractivity contribution in [2.24, 2.45) is 4.99 Å². The summed E-state index contributed by atoms with van der Waals surface area (Å²) in [4.78, 5) is 4.29. The van der Waals surface area contributed by atoms with Crippen LogP contribution in [0.1, 0.15) is 5.56 Å². The van der Waals surface area contributed by atoms with Gasteiger partial charge in [-0.25, -0.2) is 0 Å². The van der Waals surface area contributed by atoms with Crippen molar-refractivity contribution >= 4 is 62.6 Å². The zero-order valence-corrected chi connectivity index (χ0v) is 12.9. The summed E-state index contributed by atoms with van der Waals surface area (Å²) in [5, 5.41) is 1.33. The minimum Gasteiger partial charge on any atom is -0.255 e. The lowest BCUT2D eigenvalue weighted by Crippen LogP contribution is -1.80. The van der Waals surface area contributed by atoms with Crippen LogP contribution >= 0.6 is 50.7 Å². The van der Waals surface area contributed by atoms with Crippen LogP contribution in [0.2, 0.25) is 15.1 Å². The maximum atomic E-state index is 6.03. The van der Waals surface area contributed by atoms with Crippen molar-refractivity contribution in [1.82, 2.24) is 0 Å². The van der Waals surface area contributed by atoms with E-state index in [2.05, 4.69) is 20.9 Å². The number of benzene rings is 2. The molecule has 0 N–H and O–H groups in total. The average molecular weight is 363 g/mol. The molecule has 0 aliphatic heterocycles. The second-order valence-corrected chi connectivity index (χ2v) is 5.66. The van der Waals surface area contributed by atoms with Crippen molar-refractivity contribution in [3.05, 3.63) is 61.5 Å². The molecule has 2 rings (SSSR count). The van der Waals surface area contributed by atoms with E-state index in [-0.39, 0.29) is 0 Å². The van der Waals surface area contributed by atoms with E-state index in [0.717, 1.165) is 10.0 Å². The van der Waals surface area contributed by atoms with Crippen molar-refractivity contribution in [3.63, 3.8) is 0 Å². The molecule has 0 spiro atoms. The fraction of sp³-hybridized carbons (Fsp3) is 0. The average Bonchev–Trinajstić information content (AvgIpc) is 2.34. The van der Waals surface area contributed by atoms with Crippen molar-refractivity contribution in [2.45, 2.75) is 0 Å². The smallest absolute Gasteiger partial charge is 0.0831 e. The molecule has 2 aromatic carbocycles. The molecule has 0 saturated carbocycles. The molecule has 92 valence electrons. The third kappa shape index (κ3) is 3.48. The molecule has 1 nitrogen and oxygen atoms in total. The first kappa shape index (κ1) is 13.9. The van der Waals surface area contributed by atoms with Crippen molar-refractivity contribution in [3.8, 4) is 0 Å². The van der Waals surface area contributed by atoms with Crippen LogP contribution in [0.15, 0.2) is 45.9 Å². The molecule has 0 unspecified atom stereocenters. The van der Waals surface area contributed by atoms with Gasteiger partial charge in [0.2, 0.25) is 0 Å². The van der Waals surface area contributed by atoms with Gasteiger partial charge in [0.25, 0.3) is 0 Å². The van der Waals surface area contributed by atoms with Crippen molar-refractivity contribution < 1.29 is 0 Å². The molecular formula is C13H7BrCl3N. The molecule has 0 amide bonds. The quantitative estimate of drug-likeness (QED) is 0.447. The summed E-state index contributed by atoms with van der Waals surface area (Å²) in [5.41, 5.74) is 1.56. The van der Waals surface area contributed by atoms with E-state index in [9.17, 15) is 0 Å². The summed E-state index contributed by atoms with van der Waals surface area (Å²) in [6.07, 6.45) is 1.72.